The summed E-state index contributed by atoms with van der Waals surface area (Å²) in [7, 11) is 5.71. The minimum Gasteiger partial charge on any atom is -0.385 e. The molecule has 0 aromatic carbocycles. The molecule has 142 valence electrons. The number of carbonyl (C=O) groups excluding carboxylic acids is 2. The Morgan fingerprint density at radius 1 is 1.27 bits per heavy atom. The molecule has 0 saturated carbocycles. The summed E-state index contributed by atoms with van der Waals surface area (Å²) in [6, 6.07) is 4.13. The molecule has 0 aliphatic carbocycles. The SMILES string of the molecule is COCCCN1C(=O)C(c2cccs2)=C(N(C)C2CCN(C)CC2)C1=O. The van der Waals surface area contributed by atoms with Gasteiger partial charge in [-0.3, -0.25) is 14.5 Å². The Morgan fingerprint density at radius 3 is 2.62 bits per heavy atom. The van der Waals surface area contributed by atoms with Crippen molar-refractivity contribution in [1.29, 1.82) is 0 Å². The molecule has 1 aromatic heterocycles. The molecule has 2 aliphatic heterocycles. The minimum atomic E-state index is -0.177. The summed E-state index contributed by atoms with van der Waals surface area (Å²) in [5, 5.41) is 1.95. The van der Waals surface area contributed by atoms with E-state index in [1.54, 1.807) is 7.11 Å². The van der Waals surface area contributed by atoms with E-state index in [0.717, 1.165) is 30.8 Å². The fourth-order valence-corrected chi connectivity index (χ4v) is 4.43. The van der Waals surface area contributed by atoms with Gasteiger partial charge in [-0.05, 0) is 50.8 Å². The third kappa shape index (κ3) is 3.70. The molecule has 7 heteroatoms. The zero-order valence-corrected chi connectivity index (χ0v) is 16.6. The van der Waals surface area contributed by atoms with Gasteiger partial charge in [0.05, 0.1) is 5.57 Å². The molecule has 1 saturated heterocycles. The van der Waals surface area contributed by atoms with Crippen LogP contribution in [0.15, 0.2) is 23.2 Å². The molecule has 2 amide bonds. The van der Waals surface area contributed by atoms with Crippen molar-refractivity contribution >= 4 is 28.7 Å². The van der Waals surface area contributed by atoms with Gasteiger partial charge in [-0.25, -0.2) is 0 Å². The Hall–Kier alpha value is -1.70. The van der Waals surface area contributed by atoms with Crippen molar-refractivity contribution in [3.05, 3.63) is 28.1 Å². The number of hydrogen-bond donors (Lipinski definition) is 0. The van der Waals surface area contributed by atoms with E-state index in [1.807, 2.05) is 24.6 Å². The molecular formula is C19H27N3O3S. The fraction of sp³-hybridized carbons (Fsp3) is 0.579. The second-order valence-electron chi connectivity index (χ2n) is 6.95. The summed E-state index contributed by atoms with van der Waals surface area (Å²) >= 11 is 1.51. The Kier molecular flexibility index (Phi) is 6.11. The lowest BCUT2D eigenvalue weighted by molar-refractivity contribution is -0.137. The highest BCUT2D eigenvalue weighted by Crippen LogP contribution is 2.35. The number of rotatable bonds is 7. The third-order valence-electron chi connectivity index (χ3n) is 5.23. The lowest BCUT2D eigenvalue weighted by Gasteiger charge is -2.36. The Bertz CT molecular complexity index is 678. The van der Waals surface area contributed by atoms with Gasteiger partial charge in [0.1, 0.15) is 5.70 Å². The van der Waals surface area contributed by atoms with Crippen molar-refractivity contribution in [1.82, 2.24) is 14.7 Å². The maximum atomic E-state index is 13.1. The Morgan fingerprint density at radius 2 is 2.00 bits per heavy atom. The molecule has 6 nitrogen and oxygen atoms in total. The second-order valence-corrected chi connectivity index (χ2v) is 7.90. The molecule has 2 aliphatic rings. The molecule has 0 atom stereocenters. The van der Waals surface area contributed by atoms with Crippen molar-refractivity contribution in [3.63, 3.8) is 0 Å². The fourth-order valence-electron chi connectivity index (χ4n) is 3.67. The van der Waals surface area contributed by atoms with Crippen LogP contribution in [0.4, 0.5) is 0 Å². The summed E-state index contributed by atoms with van der Waals surface area (Å²) in [6.07, 6.45) is 2.65. The highest BCUT2D eigenvalue weighted by molar-refractivity contribution is 7.11. The van der Waals surface area contributed by atoms with Crippen LogP contribution in [0.5, 0.6) is 0 Å². The van der Waals surface area contributed by atoms with Crippen LogP contribution in [-0.2, 0) is 14.3 Å². The summed E-state index contributed by atoms with van der Waals surface area (Å²) in [6.45, 7) is 2.95. The molecule has 0 N–H and O–H groups in total. The van der Waals surface area contributed by atoms with Gasteiger partial charge in [-0.1, -0.05) is 6.07 Å². The van der Waals surface area contributed by atoms with E-state index >= 15 is 0 Å². The van der Waals surface area contributed by atoms with Gasteiger partial charge >= 0.3 is 0 Å². The van der Waals surface area contributed by atoms with Crippen LogP contribution in [0.3, 0.4) is 0 Å². The van der Waals surface area contributed by atoms with Crippen LogP contribution in [0, 0.1) is 0 Å². The smallest absolute Gasteiger partial charge is 0.277 e. The number of amides is 2. The molecule has 0 spiro atoms. The quantitative estimate of drug-likeness (QED) is 0.537. The number of ether oxygens (including phenoxy) is 1. The molecule has 0 radical (unpaired) electrons. The van der Waals surface area contributed by atoms with Gasteiger partial charge in [0.2, 0.25) is 0 Å². The second kappa shape index (κ2) is 8.33. The maximum absolute atomic E-state index is 13.1. The first kappa shape index (κ1) is 19.1. The first-order valence-electron chi connectivity index (χ1n) is 9.09. The van der Waals surface area contributed by atoms with E-state index in [2.05, 4.69) is 16.8 Å². The van der Waals surface area contributed by atoms with Gasteiger partial charge in [0, 0.05) is 38.2 Å². The van der Waals surface area contributed by atoms with Gasteiger partial charge in [-0.2, -0.15) is 0 Å². The molecule has 1 aromatic rings. The first-order chi connectivity index (χ1) is 12.5. The largest absolute Gasteiger partial charge is 0.385 e. The van der Waals surface area contributed by atoms with Crippen LogP contribution in [-0.4, -0.2) is 80.0 Å². The number of thiophene rings is 1. The average Bonchev–Trinajstić information content (AvgIpc) is 3.23. The van der Waals surface area contributed by atoms with E-state index in [-0.39, 0.29) is 17.9 Å². The van der Waals surface area contributed by atoms with E-state index in [0.29, 0.717) is 30.8 Å². The zero-order valence-electron chi connectivity index (χ0n) is 15.7. The minimum absolute atomic E-state index is 0.170. The van der Waals surface area contributed by atoms with Crippen LogP contribution in [0.25, 0.3) is 5.57 Å². The lowest BCUT2D eigenvalue weighted by Crippen LogP contribution is -2.43. The van der Waals surface area contributed by atoms with Crippen molar-refractivity contribution in [2.75, 3.05) is 47.4 Å². The lowest BCUT2D eigenvalue weighted by atomic mass is 10.0. The van der Waals surface area contributed by atoms with Crippen molar-refractivity contribution in [2.45, 2.75) is 25.3 Å². The van der Waals surface area contributed by atoms with E-state index < -0.39 is 0 Å². The standard InChI is InChI=1S/C19H27N3O3S/c1-20-10-7-14(8-11-20)21(2)17-16(15-6-4-13-26-15)18(23)22(19(17)24)9-5-12-25-3/h4,6,13-14H,5,7-12H2,1-3H3. The predicted molar refractivity (Wildman–Crippen MR) is 103 cm³/mol. The van der Waals surface area contributed by atoms with Crippen LogP contribution >= 0.6 is 11.3 Å². The van der Waals surface area contributed by atoms with Crippen LogP contribution < -0.4 is 0 Å². The molecule has 3 rings (SSSR count). The number of hydrogen-bond acceptors (Lipinski definition) is 6. The third-order valence-corrected chi connectivity index (χ3v) is 6.12. The maximum Gasteiger partial charge on any atom is 0.277 e. The van der Waals surface area contributed by atoms with E-state index in [9.17, 15) is 9.59 Å². The number of imide groups is 1. The molecule has 3 heterocycles. The summed E-state index contributed by atoms with van der Waals surface area (Å²) in [5.41, 5.74) is 1.12. The number of likely N-dealkylation sites (tertiary alicyclic amines) is 1. The number of methoxy groups -OCH3 is 1. The van der Waals surface area contributed by atoms with Gasteiger partial charge in [-0.15, -0.1) is 11.3 Å². The average molecular weight is 378 g/mol. The number of piperidine rings is 1. The summed E-state index contributed by atoms with van der Waals surface area (Å²) in [4.78, 5) is 32.8. The summed E-state index contributed by atoms with van der Waals surface area (Å²) < 4.78 is 5.07. The van der Waals surface area contributed by atoms with Crippen LogP contribution in [0.2, 0.25) is 0 Å². The molecule has 26 heavy (non-hydrogen) atoms. The molecule has 1 fully saturated rings. The normalized spacial score (nSPS) is 19.7. The monoisotopic (exact) mass is 377 g/mol. The zero-order chi connectivity index (χ0) is 18.7. The summed E-state index contributed by atoms with van der Waals surface area (Å²) in [5.74, 6) is -0.348. The number of carbonyl (C=O) groups is 2. The number of likely N-dealkylation sites (N-methyl/N-ethyl adjacent to an activating group) is 1. The number of nitrogens with zero attached hydrogens (tertiary/aromatic N) is 3. The van der Waals surface area contributed by atoms with E-state index in [1.165, 1.54) is 16.2 Å². The van der Waals surface area contributed by atoms with E-state index in [4.69, 9.17) is 4.74 Å². The molecule has 0 bridgehead atoms. The van der Waals surface area contributed by atoms with Gasteiger partial charge < -0.3 is 14.5 Å². The topological polar surface area (TPSA) is 53.1 Å². The Labute approximate surface area is 159 Å². The van der Waals surface area contributed by atoms with Crippen molar-refractivity contribution < 1.29 is 14.3 Å². The van der Waals surface area contributed by atoms with Gasteiger partial charge in [0.25, 0.3) is 11.8 Å². The van der Waals surface area contributed by atoms with Crippen LogP contribution in [0.1, 0.15) is 24.1 Å². The molecule has 0 unspecified atom stereocenters. The molecular weight excluding hydrogens is 350 g/mol. The predicted octanol–water partition coefficient (Wildman–Crippen LogP) is 1.89. The first-order valence-corrected chi connectivity index (χ1v) is 9.97. The van der Waals surface area contributed by atoms with Crippen molar-refractivity contribution in [3.8, 4) is 0 Å². The van der Waals surface area contributed by atoms with Crippen molar-refractivity contribution in [2.24, 2.45) is 0 Å². The highest BCUT2D eigenvalue weighted by atomic mass is 32.1. The highest BCUT2D eigenvalue weighted by Gasteiger charge is 2.42. The Balaban J connectivity index is 1.89. The van der Waals surface area contributed by atoms with Gasteiger partial charge in [0.15, 0.2) is 0 Å².